The molecule has 1 N–H and O–H groups in total. The maximum absolute atomic E-state index is 11.5. The Balaban J connectivity index is 2.12. The van der Waals surface area contributed by atoms with E-state index in [1.165, 1.54) is 0 Å². The van der Waals surface area contributed by atoms with Gasteiger partial charge in [-0.1, -0.05) is 25.1 Å². The van der Waals surface area contributed by atoms with E-state index in [4.69, 9.17) is 4.74 Å². The third kappa shape index (κ3) is 5.51. The van der Waals surface area contributed by atoms with Crippen molar-refractivity contribution in [2.45, 2.75) is 26.2 Å². The molecule has 0 fully saturated rings. The minimum absolute atomic E-state index is 0.0475. The van der Waals surface area contributed by atoms with Crippen molar-refractivity contribution in [2.24, 2.45) is 0 Å². The molecule has 0 aromatic heterocycles. The van der Waals surface area contributed by atoms with E-state index in [2.05, 4.69) is 12.2 Å². The number of ether oxygens (including phenoxy) is 1. The molecule has 1 rings (SSSR count). The van der Waals surface area contributed by atoms with Crippen LogP contribution >= 0.6 is 0 Å². The molecule has 0 saturated carbocycles. The third-order valence-corrected chi connectivity index (χ3v) is 2.10. The van der Waals surface area contributed by atoms with Gasteiger partial charge in [-0.25, -0.2) is 0 Å². The van der Waals surface area contributed by atoms with E-state index in [-0.39, 0.29) is 5.91 Å². The van der Waals surface area contributed by atoms with Crippen molar-refractivity contribution in [3.8, 4) is 0 Å². The van der Waals surface area contributed by atoms with Gasteiger partial charge < -0.3 is 10.1 Å². The number of carbonyl (C=O) groups is 1. The van der Waals surface area contributed by atoms with Crippen LogP contribution in [-0.4, -0.2) is 19.1 Å². The van der Waals surface area contributed by atoms with Gasteiger partial charge in [-0.2, -0.15) is 0 Å². The van der Waals surface area contributed by atoms with Crippen LogP contribution in [0.5, 0.6) is 0 Å². The zero-order valence-electron chi connectivity index (χ0n) is 9.74. The van der Waals surface area contributed by atoms with Crippen molar-refractivity contribution in [3.63, 3.8) is 0 Å². The van der Waals surface area contributed by atoms with Crippen LogP contribution in [0, 0.1) is 0 Å². The topological polar surface area (TPSA) is 38.3 Å². The lowest BCUT2D eigenvalue weighted by Crippen LogP contribution is -2.12. The molecule has 1 aromatic rings. The molecule has 0 aliphatic rings. The van der Waals surface area contributed by atoms with E-state index in [1.54, 1.807) is 0 Å². The average Bonchev–Trinajstić information content (AvgIpc) is 2.30. The van der Waals surface area contributed by atoms with Crippen LogP contribution in [-0.2, 0) is 9.53 Å². The van der Waals surface area contributed by atoms with Crippen molar-refractivity contribution in [1.82, 2.24) is 0 Å². The fraction of sp³-hybridized carbons (Fsp3) is 0.462. The molecule has 3 heteroatoms. The summed E-state index contributed by atoms with van der Waals surface area (Å²) in [6, 6.07) is 9.49. The molecule has 1 aromatic carbocycles. The summed E-state index contributed by atoms with van der Waals surface area (Å²) in [7, 11) is 0. The Bertz CT molecular complexity index is 298. The van der Waals surface area contributed by atoms with E-state index in [0.29, 0.717) is 13.0 Å². The van der Waals surface area contributed by atoms with E-state index in [9.17, 15) is 4.79 Å². The Morgan fingerprint density at radius 1 is 1.25 bits per heavy atom. The molecule has 0 spiro atoms. The molecule has 0 atom stereocenters. The Hall–Kier alpha value is -1.35. The number of para-hydroxylation sites is 1. The summed E-state index contributed by atoms with van der Waals surface area (Å²) in [5.41, 5.74) is 0.849. The summed E-state index contributed by atoms with van der Waals surface area (Å²) in [4.78, 5) is 11.5. The number of nitrogens with one attached hydrogen (secondary N) is 1. The second-order valence-corrected chi connectivity index (χ2v) is 3.63. The smallest absolute Gasteiger partial charge is 0.224 e. The number of anilines is 1. The molecule has 0 aliphatic carbocycles. The lowest BCUT2D eigenvalue weighted by atomic mass is 10.3. The first-order valence-electron chi connectivity index (χ1n) is 5.75. The van der Waals surface area contributed by atoms with Gasteiger partial charge in [-0.15, -0.1) is 0 Å². The summed E-state index contributed by atoms with van der Waals surface area (Å²) >= 11 is 0. The SMILES string of the molecule is CCCOCCCC(=O)Nc1ccccc1. The van der Waals surface area contributed by atoms with Crippen LogP contribution in [0.25, 0.3) is 0 Å². The molecular weight excluding hydrogens is 202 g/mol. The number of hydrogen-bond acceptors (Lipinski definition) is 2. The van der Waals surface area contributed by atoms with Gasteiger partial charge in [0.05, 0.1) is 0 Å². The Labute approximate surface area is 96.8 Å². The van der Waals surface area contributed by atoms with Crippen LogP contribution in [0.4, 0.5) is 5.69 Å². The minimum Gasteiger partial charge on any atom is -0.381 e. The Kier molecular flexibility index (Phi) is 6.26. The predicted octanol–water partition coefficient (Wildman–Crippen LogP) is 2.83. The van der Waals surface area contributed by atoms with Crippen molar-refractivity contribution < 1.29 is 9.53 Å². The van der Waals surface area contributed by atoms with Crippen LogP contribution in [0.2, 0.25) is 0 Å². The quantitative estimate of drug-likeness (QED) is 0.719. The van der Waals surface area contributed by atoms with E-state index >= 15 is 0 Å². The molecule has 0 bridgehead atoms. The van der Waals surface area contributed by atoms with Gasteiger partial charge in [-0.3, -0.25) is 4.79 Å². The first kappa shape index (κ1) is 12.7. The molecule has 88 valence electrons. The number of carbonyl (C=O) groups excluding carboxylic acids is 1. The fourth-order valence-corrected chi connectivity index (χ4v) is 1.33. The average molecular weight is 221 g/mol. The molecular formula is C13H19NO2. The van der Waals surface area contributed by atoms with E-state index < -0.39 is 0 Å². The second-order valence-electron chi connectivity index (χ2n) is 3.63. The third-order valence-electron chi connectivity index (χ3n) is 2.10. The summed E-state index contributed by atoms with van der Waals surface area (Å²) < 4.78 is 5.30. The molecule has 0 radical (unpaired) electrons. The zero-order valence-corrected chi connectivity index (χ0v) is 9.74. The summed E-state index contributed by atoms with van der Waals surface area (Å²) in [6.07, 6.45) is 2.31. The van der Waals surface area contributed by atoms with E-state index in [1.807, 2.05) is 30.3 Å². The molecule has 0 aliphatic heterocycles. The standard InChI is InChI=1S/C13H19NO2/c1-2-10-16-11-6-9-13(15)14-12-7-4-3-5-8-12/h3-5,7-8H,2,6,9-11H2,1H3,(H,14,15). The molecule has 16 heavy (non-hydrogen) atoms. The van der Waals surface area contributed by atoms with Gasteiger partial charge in [0.15, 0.2) is 0 Å². The Morgan fingerprint density at radius 2 is 2.00 bits per heavy atom. The van der Waals surface area contributed by atoms with Gasteiger partial charge >= 0.3 is 0 Å². The van der Waals surface area contributed by atoms with Crippen LogP contribution in [0.3, 0.4) is 0 Å². The highest BCUT2D eigenvalue weighted by molar-refractivity contribution is 5.90. The number of hydrogen-bond donors (Lipinski definition) is 1. The maximum Gasteiger partial charge on any atom is 0.224 e. The monoisotopic (exact) mass is 221 g/mol. The largest absolute Gasteiger partial charge is 0.381 e. The normalized spacial score (nSPS) is 10.1. The lowest BCUT2D eigenvalue weighted by molar-refractivity contribution is -0.116. The van der Waals surface area contributed by atoms with Gasteiger partial charge in [-0.05, 0) is 25.0 Å². The van der Waals surface area contributed by atoms with Crippen LogP contribution in [0.1, 0.15) is 26.2 Å². The Morgan fingerprint density at radius 3 is 2.69 bits per heavy atom. The van der Waals surface area contributed by atoms with Crippen molar-refractivity contribution in [3.05, 3.63) is 30.3 Å². The zero-order chi connectivity index (χ0) is 11.6. The van der Waals surface area contributed by atoms with Gasteiger partial charge in [0.1, 0.15) is 0 Å². The van der Waals surface area contributed by atoms with Crippen LogP contribution < -0.4 is 5.32 Å². The highest BCUT2D eigenvalue weighted by atomic mass is 16.5. The lowest BCUT2D eigenvalue weighted by Gasteiger charge is -2.05. The van der Waals surface area contributed by atoms with Crippen molar-refractivity contribution in [1.29, 1.82) is 0 Å². The molecule has 0 saturated heterocycles. The molecule has 0 heterocycles. The predicted molar refractivity (Wildman–Crippen MR) is 65.4 cm³/mol. The van der Waals surface area contributed by atoms with Gasteiger partial charge in [0.25, 0.3) is 0 Å². The highest BCUT2D eigenvalue weighted by Gasteiger charge is 2.01. The fourth-order valence-electron chi connectivity index (χ4n) is 1.33. The summed E-state index contributed by atoms with van der Waals surface area (Å²) in [6.45, 7) is 3.51. The first-order chi connectivity index (χ1) is 7.83. The molecule has 1 amide bonds. The first-order valence-corrected chi connectivity index (χ1v) is 5.75. The molecule has 3 nitrogen and oxygen atoms in total. The summed E-state index contributed by atoms with van der Waals surface area (Å²) in [5.74, 6) is 0.0475. The maximum atomic E-state index is 11.5. The molecule has 0 unspecified atom stereocenters. The number of benzene rings is 1. The second kappa shape index (κ2) is 7.88. The van der Waals surface area contributed by atoms with Gasteiger partial charge in [0.2, 0.25) is 5.91 Å². The number of rotatable bonds is 7. The summed E-state index contributed by atoms with van der Waals surface area (Å²) in [5, 5.41) is 2.84. The minimum atomic E-state index is 0.0475. The van der Waals surface area contributed by atoms with Crippen LogP contribution in [0.15, 0.2) is 30.3 Å². The van der Waals surface area contributed by atoms with Gasteiger partial charge in [0, 0.05) is 25.3 Å². The van der Waals surface area contributed by atoms with E-state index in [0.717, 1.165) is 25.1 Å². The number of amides is 1. The highest BCUT2D eigenvalue weighted by Crippen LogP contribution is 2.05. The van der Waals surface area contributed by atoms with Crippen molar-refractivity contribution >= 4 is 11.6 Å². The van der Waals surface area contributed by atoms with Crippen molar-refractivity contribution in [2.75, 3.05) is 18.5 Å².